The first kappa shape index (κ1) is 18.3. The molecule has 1 aliphatic heterocycles. The third-order valence-corrected chi connectivity index (χ3v) is 5.17. The van der Waals surface area contributed by atoms with Gasteiger partial charge in [0.25, 0.3) is 5.82 Å². The summed E-state index contributed by atoms with van der Waals surface area (Å²) in [6.07, 6.45) is 0. The molecule has 0 saturated heterocycles. The first-order valence-corrected chi connectivity index (χ1v) is 9.94. The molecule has 1 aliphatic rings. The van der Waals surface area contributed by atoms with Crippen LogP contribution in [0.15, 0.2) is 60.0 Å². The summed E-state index contributed by atoms with van der Waals surface area (Å²) in [6.45, 7) is 0.896. The second kappa shape index (κ2) is 7.60. The summed E-state index contributed by atoms with van der Waals surface area (Å²) in [5.41, 5.74) is 0.448. The summed E-state index contributed by atoms with van der Waals surface area (Å²) in [7, 11) is 0. The summed E-state index contributed by atoms with van der Waals surface area (Å²) in [4.78, 5) is 17.8. The molecule has 7 nitrogen and oxygen atoms in total. The number of hydrogen-bond acceptors (Lipinski definition) is 7. The molecule has 0 bridgehead atoms. The minimum Gasteiger partial charge on any atom is -0.486 e. The molecule has 2 aromatic heterocycles. The van der Waals surface area contributed by atoms with Crippen LogP contribution < -0.4 is 14.2 Å². The molecular weight excluding hydrogens is 409 g/mol. The normalized spacial score (nSPS) is 12.6. The van der Waals surface area contributed by atoms with Gasteiger partial charge in [0.2, 0.25) is 0 Å². The number of halogens is 1. The number of benzene rings is 2. The lowest BCUT2D eigenvalue weighted by atomic mass is 10.3. The number of hydrogen-bond donors (Lipinski definition) is 0. The summed E-state index contributed by atoms with van der Waals surface area (Å²) >= 11 is 1.43. The van der Waals surface area contributed by atoms with Gasteiger partial charge < -0.3 is 14.2 Å². The van der Waals surface area contributed by atoms with Gasteiger partial charge in [0.1, 0.15) is 24.8 Å². The number of ether oxygens (including phenoxy) is 3. The quantitative estimate of drug-likeness (QED) is 0.363. The lowest BCUT2D eigenvalue weighted by Crippen LogP contribution is -2.16. The van der Waals surface area contributed by atoms with Crippen LogP contribution in [0.1, 0.15) is 10.6 Å². The van der Waals surface area contributed by atoms with Crippen molar-refractivity contribution >= 4 is 17.3 Å². The van der Waals surface area contributed by atoms with Gasteiger partial charge in [0, 0.05) is 6.07 Å². The molecule has 0 aliphatic carbocycles. The minimum atomic E-state index is -0.736. The van der Waals surface area contributed by atoms with E-state index in [0.29, 0.717) is 36.2 Å². The van der Waals surface area contributed by atoms with Crippen molar-refractivity contribution in [1.82, 2.24) is 14.8 Å². The van der Waals surface area contributed by atoms with Gasteiger partial charge in [0.15, 0.2) is 17.3 Å². The number of esters is 1. The zero-order chi connectivity index (χ0) is 20.5. The monoisotopic (exact) mass is 423 g/mol. The largest absolute Gasteiger partial charge is 0.486 e. The molecule has 30 heavy (non-hydrogen) atoms. The van der Waals surface area contributed by atoms with Crippen LogP contribution in [0.5, 0.6) is 17.2 Å². The Morgan fingerprint density at radius 3 is 2.73 bits per heavy atom. The van der Waals surface area contributed by atoms with Gasteiger partial charge >= 0.3 is 5.97 Å². The third kappa shape index (κ3) is 3.50. The van der Waals surface area contributed by atoms with Crippen molar-refractivity contribution in [3.05, 3.63) is 71.6 Å². The van der Waals surface area contributed by atoms with E-state index in [0.717, 1.165) is 4.88 Å². The Hall–Kier alpha value is -3.72. The van der Waals surface area contributed by atoms with Crippen LogP contribution in [0.4, 0.5) is 4.39 Å². The van der Waals surface area contributed by atoms with Crippen LogP contribution in [0.3, 0.4) is 0 Å². The molecule has 2 aromatic carbocycles. The van der Waals surface area contributed by atoms with Crippen molar-refractivity contribution < 1.29 is 23.4 Å². The number of carbonyl (C=O) groups excluding carboxylic acids is 1. The van der Waals surface area contributed by atoms with Crippen LogP contribution in [0.25, 0.3) is 16.4 Å². The van der Waals surface area contributed by atoms with Gasteiger partial charge in [-0.3, -0.25) is 0 Å². The van der Waals surface area contributed by atoms with Crippen LogP contribution in [-0.4, -0.2) is 33.9 Å². The lowest BCUT2D eigenvalue weighted by Gasteiger charge is -2.18. The third-order valence-electron chi connectivity index (χ3n) is 4.31. The summed E-state index contributed by atoms with van der Waals surface area (Å²) < 4.78 is 31.6. The smallest absolute Gasteiger partial charge is 0.383 e. The average molecular weight is 423 g/mol. The average Bonchev–Trinajstić information content (AvgIpc) is 3.43. The molecule has 0 saturated carbocycles. The van der Waals surface area contributed by atoms with E-state index in [1.807, 2.05) is 17.5 Å². The minimum absolute atomic E-state index is 0.141. The Kier molecular flexibility index (Phi) is 4.64. The number of aromatic nitrogens is 3. The zero-order valence-electron chi connectivity index (χ0n) is 15.4. The second-order valence-corrected chi connectivity index (χ2v) is 7.27. The van der Waals surface area contributed by atoms with Gasteiger partial charge in [-0.15, -0.1) is 16.4 Å². The highest BCUT2D eigenvalue weighted by molar-refractivity contribution is 7.13. The summed E-state index contributed by atoms with van der Waals surface area (Å²) in [5, 5.41) is 6.16. The van der Waals surface area contributed by atoms with E-state index in [1.165, 1.54) is 28.2 Å². The fourth-order valence-electron chi connectivity index (χ4n) is 2.99. The number of rotatable bonds is 4. The van der Waals surface area contributed by atoms with Gasteiger partial charge in [-0.25, -0.2) is 13.9 Å². The standard InChI is InChI=1S/C21H14FN3O4S/c22-13-3-1-4-14(11-13)25-20(18-5-2-10-30-18)23-19(24-25)21(26)29-15-6-7-16-17(12-15)28-9-8-27-16/h1-7,10-12H,8-9H2. The Morgan fingerprint density at radius 2 is 1.93 bits per heavy atom. The number of thiophene rings is 1. The van der Waals surface area contributed by atoms with E-state index in [-0.39, 0.29) is 11.6 Å². The fraction of sp³-hybridized carbons (Fsp3) is 0.0952. The Balaban J connectivity index is 1.48. The molecule has 5 rings (SSSR count). The molecule has 0 radical (unpaired) electrons. The number of fused-ring (bicyclic) bond motifs is 1. The first-order chi connectivity index (χ1) is 14.7. The van der Waals surface area contributed by atoms with Crippen molar-refractivity contribution in [2.75, 3.05) is 13.2 Å². The molecule has 0 atom stereocenters. The number of carbonyl (C=O) groups is 1. The Labute approximate surface area is 174 Å². The van der Waals surface area contributed by atoms with Gasteiger partial charge in [0.05, 0.1) is 10.6 Å². The van der Waals surface area contributed by atoms with Crippen molar-refractivity contribution in [1.29, 1.82) is 0 Å². The molecule has 4 aromatic rings. The lowest BCUT2D eigenvalue weighted by molar-refractivity contribution is 0.0720. The van der Waals surface area contributed by atoms with Crippen LogP contribution in [0.2, 0.25) is 0 Å². The molecule has 0 amide bonds. The Bertz CT molecular complexity index is 1220. The van der Waals surface area contributed by atoms with Crippen LogP contribution >= 0.6 is 11.3 Å². The molecular formula is C21H14FN3O4S. The Morgan fingerprint density at radius 1 is 1.07 bits per heavy atom. The zero-order valence-corrected chi connectivity index (χ0v) is 16.3. The topological polar surface area (TPSA) is 75.5 Å². The van der Waals surface area contributed by atoms with E-state index in [4.69, 9.17) is 14.2 Å². The van der Waals surface area contributed by atoms with Crippen molar-refractivity contribution in [3.63, 3.8) is 0 Å². The highest BCUT2D eigenvalue weighted by Crippen LogP contribution is 2.34. The maximum Gasteiger partial charge on any atom is 0.383 e. The molecule has 150 valence electrons. The van der Waals surface area contributed by atoms with E-state index in [1.54, 1.807) is 30.3 Å². The number of nitrogens with zero attached hydrogens (tertiary/aromatic N) is 3. The van der Waals surface area contributed by atoms with E-state index >= 15 is 0 Å². The predicted molar refractivity (Wildman–Crippen MR) is 107 cm³/mol. The molecule has 9 heteroatoms. The summed E-state index contributed by atoms with van der Waals surface area (Å²) in [6, 6.07) is 14.5. The van der Waals surface area contributed by atoms with Gasteiger partial charge in [-0.05, 0) is 41.8 Å². The van der Waals surface area contributed by atoms with Gasteiger partial charge in [-0.2, -0.15) is 4.98 Å². The van der Waals surface area contributed by atoms with Crippen molar-refractivity contribution in [2.45, 2.75) is 0 Å². The molecule has 0 unspecified atom stereocenters. The second-order valence-electron chi connectivity index (χ2n) is 6.32. The maximum absolute atomic E-state index is 13.7. The predicted octanol–water partition coefficient (Wildman–Crippen LogP) is 4.13. The molecule has 0 spiro atoms. The van der Waals surface area contributed by atoms with E-state index < -0.39 is 11.8 Å². The SMILES string of the molecule is O=C(Oc1ccc2c(c1)OCCO2)c1nc(-c2cccs2)n(-c2cccc(F)c2)n1. The fourth-order valence-corrected chi connectivity index (χ4v) is 3.69. The molecule has 0 fully saturated rings. The molecule has 3 heterocycles. The molecule has 0 N–H and O–H groups in total. The summed E-state index contributed by atoms with van der Waals surface area (Å²) in [5.74, 6) is 0.505. The highest BCUT2D eigenvalue weighted by atomic mass is 32.1. The van der Waals surface area contributed by atoms with E-state index in [2.05, 4.69) is 10.1 Å². The van der Waals surface area contributed by atoms with Crippen LogP contribution in [-0.2, 0) is 0 Å². The van der Waals surface area contributed by atoms with Gasteiger partial charge in [-0.1, -0.05) is 12.1 Å². The van der Waals surface area contributed by atoms with Crippen molar-refractivity contribution in [2.24, 2.45) is 0 Å². The highest BCUT2D eigenvalue weighted by Gasteiger charge is 2.22. The first-order valence-electron chi connectivity index (χ1n) is 9.06. The van der Waals surface area contributed by atoms with E-state index in [9.17, 15) is 9.18 Å². The maximum atomic E-state index is 13.7. The van der Waals surface area contributed by atoms with Crippen LogP contribution in [0, 0.1) is 5.82 Å². The van der Waals surface area contributed by atoms with Crippen molar-refractivity contribution in [3.8, 4) is 33.6 Å².